The molecule has 1 aromatic rings. The van der Waals surface area contributed by atoms with E-state index in [9.17, 15) is 0 Å². The molecule has 2 unspecified atom stereocenters. The van der Waals surface area contributed by atoms with E-state index in [4.69, 9.17) is 4.74 Å². The van der Waals surface area contributed by atoms with Crippen LogP contribution in [0.4, 0.5) is 11.6 Å². The van der Waals surface area contributed by atoms with Crippen molar-refractivity contribution >= 4 is 11.6 Å². The number of hydrogen-bond acceptors (Lipinski definition) is 5. The van der Waals surface area contributed by atoms with E-state index in [1.807, 2.05) is 6.92 Å². The van der Waals surface area contributed by atoms with Gasteiger partial charge in [-0.25, -0.2) is 9.97 Å². The van der Waals surface area contributed by atoms with E-state index in [0.717, 1.165) is 18.2 Å². The molecule has 1 fully saturated rings. The Hall–Kier alpha value is -1.52. The highest BCUT2D eigenvalue weighted by Gasteiger charge is 2.28. The van der Waals surface area contributed by atoms with Crippen LogP contribution in [0.2, 0.25) is 0 Å². The van der Waals surface area contributed by atoms with Crippen LogP contribution in [0.15, 0.2) is 6.33 Å². The molecule has 1 aliphatic carbocycles. The molecule has 1 saturated carbocycles. The summed E-state index contributed by atoms with van der Waals surface area (Å²) in [4.78, 5) is 8.65. The summed E-state index contributed by atoms with van der Waals surface area (Å²) in [6.07, 6.45) is 6.71. The minimum Gasteiger partial charge on any atom is -0.490 e. The summed E-state index contributed by atoms with van der Waals surface area (Å²) >= 11 is 0. The third-order valence-corrected chi connectivity index (χ3v) is 4.35. The van der Waals surface area contributed by atoms with E-state index >= 15 is 0 Å². The standard InChI is InChI=1S/C16H28N4O/c1-5-17-15-14(21-4)16(19-10-18-15)20-13-9-7-6-8-12(13)11(2)3/h10-13H,5-9H2,1-4H3,(H2,17,18,19,20). The molecule has 1 heterocycles. The summed E-state index contributed by atoms with van der Waals surface area (Å²) in [5, 5.41) is 6.84. The van der Waals surface area contributed by atoms with Crippen molar-refractivity contribution in [3.8, 4) is 5.75 Å². The summed E-state index contributed by atoms with van der Waals surface area (Å²) in [7, 11) is 1.67. The number of hydrogen-bond donors (Lipinski definition) is 2. The van der Waals surface area contributed by atoms with Gasteiger partial charge in [-0.3, -0.25) is 0 Å². The van der Waals surface area contributed by atoms with Crippen LogP contribution in [0.5, 0.6) is 5.75 Å². The Morgan fingerprint density at radius 2 is 1.95 bits per heavy atom. The fourth-order valence-corrected chi connectivity index (χ4v) is 3.28. The van der Waals surface area contributed by atoms with Crippen molar-refractivity contribution in [2.24, 2.45) is 11.8 Å². The van der Waals surface area contributed by atoms with Gasteiger partial charge in [0.1, 0.15) is 6.33 Å². The average Bonchev–Trinajstić information content (AvgIpc) is 2.48. The van der Waals surface area contributed by atoms with Gasteiger partial charge in [0.05, 0.1) is 7.11 Å². The molecule has 1 aliphatic rings. The molecule has 0 bridgehead atoms. The maximum atomic E-state index is 5.52. The lowest BCUT2D eigenvalue weighted by Gasteiger charge is -2.35. The molecule has 5 heteroatoms. The zero-order valence-corrected chi connectivity index (χ0v) is 13.6. The van der Waals surface area contributed by atoms with Gasteiger partial charge in [0.15, 0.2) is 11.6 Å². The number of anilines is 2. The second-order valence-electron chi connectivity index (χ2n) is 6.08. The maximum absolute atomic E-state index is 5.52. The largest absolute Gasteiger partial charge is 0.490 e. The predicted molar refractivity (Wildman–Crippen MR) is 87.0 cm³/mol. The van der Waals surface area contributed by atoms with Crippen molar-refractivity contribution in [1.29, 1.82) is 0 Å². The van der Waals surface area contributed by atoms with E-state index in [2.05, 4.69) is 34.4 Å². The van der Waals surface area contributed by atoms with Gasteiger partial charge in [-0.2, -0.15) is 0 Å². The third-order valence-electron chi connectivity index (χ3n) is 4.35. The van der Waals surface area contributed by atoms with Gasteiger partial charge in [0.2, 0.25) is 5.75 Å². The molecule has 0 saturated heterocycles. The summed E-state index contributed by atoms with van der Waals surface area (Å²) in [6.45, 7) is 7.48. The second kappa shape index (κ2) is 7.48. The van der Waals surface area contributed by atoms with Crippen LogP contribution in [0.25, 0.3) is 0 Å². The highest BCUT2D eigenvalue weighted by molar-refractivity contribution is 5.63. The average molecular weight is 292 g/mol. The summed E-state index contributed by atoms with van der Waals surface area (Å²) < 4.78 is 5.52. The molecule has 0 spiro atoms. The second-order valence-corrected chi connectivity index (χ2v) is 6.08. The number of nitrogens with one attached hydrogen (secondary N) is 2. The number of aromatic nitrogens is 2. The lowest BCUT2D eigenvalue weighted by molar-refractivity contribution is 0.253. The Balaban J connectivity index is 2.19. The minimum absolute atomic E-state index is 0.469. The maximum Gasteiger partial charge on any atom is 0.204 e. The molecule has 118 valence electrons. The van der Waals surface area contributed by atoms with E-state index in [-0.39, 0.29) is 0 Å². The van der Waals surface area contributed by atoms with Crippen LogP contribution in [-0.4, -0.2) is 29.7 Å². The van der Waals surface area contributed by atoms with E-state index < -0.39 is 0 Å². The van der Waals surface area contributed by atoms with Crippen LogP contribution in [0.1, 0.15) is 46.5 Å². The zero-order chi connectivity index (χ0) is 15.2. The van der Waals surface area contributed by atoms with Crippen LogP contribution in [0, 0.1) is 11.8 Å². The van der Waals surface area contributed by atoms with Gasteiger partial charge in [0.25, 0.3) is 0 Å². The monoisotopic (exact) mass is 292 g/mol. The van der Waals surface area contributed by atoms with Gasteiger partial charge >= 0.3 is 0 Å². The first-order valence-corrected chi connectivity index (χ1v) is 8.06. The lowest BCUT2D eigenvalue weighted by Crippen LogP contribution is -2.35. The smallest absolute Gasteiger partial charge is 0.204 e. The molecule has 0 radical (unpaired) electrons. The van der Waals surface area contributed by atoms with E-state index in [1.165, 1.54) is 25.7 Å². The van der Waals surface area contributed by atoms with Crippen molar-refractivity contribution in [2.75, 3.05) is 24.3 Å². The molecule has 5 nitrogen and oxygen atoms in total. The first-order chi connectivity index (χ1) is 10.2. The van der Waals surface area contributed by atoms with Crippen molar-refractivity contribution in [2.45, 2.75) is 52.5 Å². The first-order valence-electron chi connectivity index (χ1n) is 8.06. The van der Waals surface area contributed by atoms with Crippen LogP contribution in [-0.2, 0) is 0 Å². The molecule has 0 amide bonds. The van der Waals surface area contributed by atoms with Crippen LogP contribution < -0.4 is 15.4 Å². The number of rotatable bonds is 6. The summed E-state index contributed by atoms with van der Waals surface area (Å²) in [5.74, 6) is 3.66. The van der Waals surface area contributed by atoms with Gasteiger partial charge in [0, 0.05) is 12.6 Å². The molecular weight excluding hydrogens is 264 g/mol. The molecule has 2 atom stereocenters. The molecule has 1 aromatic heterocycles. The Labute approximate surface area is 127 Å². The van der Waals surface area contributed by atoms with Crippen molar-refractivity contribution < 1.29 is 4.74 Å². The number of methoxy groups -OCH3 is 1. The zero-order valence-electron chi connectivity index (χ0n) is 13.6. The fraction of sp³-hybridized carbons (Fsp3) is 0.750. The van der Waals surface area contributed by atoms with Crippen molar-refractivity contribution in [3.63, 3.8) is 0 Å². The van der Waals surface area contributed by atoms with Gasteiger partial charge in [-0.05, 0) is 31.6 Å². The predicted octanol–water partition coefficient (Wildman–Crippen LogP) is 3.54. The fourth-order valence-electron chi connectivity index (χ4n) is 3.28. The highest BCUT2D eigenvalue weighted by atomic mass is 16.5. The van der Waals surface area contributed by atoms with Crippen LogP contribution >= 0.6 is 0 Å². The van der Waals surface area contributed by atoms with Crippen LogP contribution in [0.3, 0.4) is 0 Å². The topological polar surface area (TPSA) is 59.1 Å². The quantitative estimate of drug-likeness (QED) is 0.839. The number of ether oxygens (including phenoxy) is 1. The van der Waals surface area contributed by atoms with Gasteiger partial charge < -0.3 is 15.4 Å². The Morgan fingerprint density at radius 3 is 2.62 bits per heavy atom. The van der Waals surface area contributed by atoms with Crippen molar-refractivity contribution in [3.05, 3.63) is 6.33 Å². The normalized spacial score (nSPS) is 22.1. The molecular formula is C16H28N4O. The summed E-state index contributed by atoms with van der Waals surface area (Å²) in [6, 6.07) is 0.469. The van der Waals surface area contributed by atoms with Gasteiger partial charge in [-0.15, -0.1) is 0 Å². The molecule has 21 heavy (non-hydrogen) atoms. The Morgan fingerprint density at radius 1 is 1.24 bits per heavy atom. The minimum atomic E-state index is 0.469. The highest BCUT2D eigenvalue weighted by Crippen LogP contribution is 2.35. The van der Waals surface area contributed by atoms with Gasteiger partial charge in [-0.1, -0.05) is 26.7 Å². The summed E-state index contributed by atoms with van der Waals surface area (Å²) in [5.41, 5.74) is 0. The molecule has 0 aliphatic heterocycles. The first kappa shape index (κ1) is 15.9. The Kier molecular flexibility index (Phi) is 5.65. The SMILES string of the molecule is CCNc1ncnc(NC2CCCCC2C(C)C)c1OC. The molecule has 2 N–H and O–H groups in total. The van der Waals surface area contributed by atoms with Crippen molar-refractivity contribution in [1.82, 2.24) is 9.97 Å². The van der Waals surface area contributed by atoms with E-state index in [1.54, 1.807) is 13.4 Å². The van der Waals surface area contributed by atoms with E-state index in [0.29, 0.717) is 23.6 Å². The molecule has 2 rings (SSSR count). The lowest BCUT2D eigenvalue weighted by atomic mass is 9.78. The third kappa shape index (κ3) is 3.77. The number of nitrogens with zero attached hydrogens (tertiary/aromatic N) is 2. The molecule has 0 aromatic carbocycles. The Bertz CT molecular complexity index is 450.